The van der Waals surface area contributed by atoms with E-state index in [2.05, 4.69) is 27.5 Å². The number of aliphatic imine (C=N–C) groups is 1. The summed E-state index contributed by atoms with van der Waals surface area (Å²) in [5.74, 6) is 0.898. The monoisotopic (exact) mass is 294 g/mol. The first-order chi connectivity index (χ1) is 9.78. The summed E-state index contributed by atoms with van der Waals surface area (Å²) in [4.78, 5) is 8.69. The molecular formula is C15H23ClN4. The third kappa shape index (κ3) is 5.00. The molecule has 5 heteroatoms. The van der Waals surface area contributed by atoms with Crippen LogP contribution in [0.2, 0.25) is 5.15 Å². The van der Waals surface area contributed by atoms with E-state index in [1.807, 2.05) is 6.07 Å². The maximum atomic E-state index is 5.78. The van der Waals surface area contributed by atoms with Gasteiger partial charge in [0.1, 0.15) is 5.15 Å². The van der Waals surface area contributed by atoms with Crippen LogP contribution >= 0.6 is 11.6 Å². The van der Waals surface area contributed by atoms with Gasteiger partial charge in [-0.1, -0.05) is 36.9 Å². The molecule has 1 fully saturated rings. The van der Waals surface area contributed by atoms with Crippen molar-refractivity contribution in [2.45, 2.75) is 51.6 Å². The molecule has 1 aliphatic rings. The van der Waals surface area contributed by atoms with E-state index in [-0.39, 0.29) is 0 Å². The average molecular weight is 295 g/mol. The zero-order chi connectivity index (χ0) is 14.2. The predicted molar refractivity (Wildman–Crippen MR) is 84.1 cm³/mol. The maximum absolute atomic E-state index is 5.78. The van der Waals surface area contributed by atoms with Crippen molar-refractivity contribution in [2.24, 2.45) is 4.99 Å². The number of nitrogens with zero attached hydrogens (tertiary/aromatic N) is 2. The molecule has 1 aliphatic carbocycles. The summed E-state index contributed by atoms with van der Waals surface area (Å²) in [5.41, 5.74) is 1.07. The quantitative estimate of drug-likeness (QED) is 0.509. The van der Waals surface area contributed by atoms with Gasteiger partial charge in [0.15, 0.2) is 5.96 Å². The molecule has 1 aromatic heterocycles. The zero-order valence-electron chi connectivity index (χ0n) is 12.0. The van der Waals surface area contributed by atoms with Crippen LogP contribution in [-0.4, -0.2) is 23.5 Å². The van der Waals surface area contributed by atoms with E-state index >= 15 is 0 Å². The van der Waals surface area contributed by atoms with E-state index in [1.54, 1.807) is 12.3 Å². The number of guanidine groups is 1. The number of halogens is 1. The lowest BCUT2D eigenvalue weighted by Crippen LogP contribution is -2.44. The fraction of sp³-hybridized carbons (Fsp3) is 0.600. The molecule has 0 aromatic carbocycles. The molecule has 0 unspecified atom stereocenters. The smallest absolute Gasteiger partial charge is 0.191 e. The lowest BCUT2D eigenvalue weighted by atomic mass is 9.96. The molecule has 20 heavy (non-hydrogen) atoms. The molecular weight excluding hydrogens is 272 g/mol. The molecule has 2 N–H and O–H groups in total. The van der Waals surface area contributed by atoms with Crippen LogP contribution in [-0.2, 0) is 6.54 Å². The number of hydrogen-bond donors (Lipinski definition) is 2. The van der Waals surface area contributed by atoms with E-state index in [1.165, 1.54) is 32.1 Å². The topological polar surface area (TPSA) is 49.3 Å². The van der Waals surface area contributed by atoms with Gasteiger partial charge in [0.2, 0.25) is 0 Å². The van der Waals surface area contributed by atoms with Gasteiger partial charge in [-0.25, -0.2) is 9.98 Å². The Hall–Kier alpha value is -1.29. The minimum atomic E-state index is 0.518. The first-order valence-electron chi connectivity index (χ1n) is 7.43. The van der Waals surface area contributed by atoms with Crippen molar-refractivity contribution < 1.29 is 0 Å². The minimum Gasteiger partial charge on any atom is -0.357 e. The van der Waals surface area contributed by atoms with Crippen molar-refractivity contribution in [3.8, 4) is 0 Å². The lowest BCUT2D eigenvalue weighted by Gasteiger charge is -2.24. The predicted octanol–water partition coefficient (Wildman–Crippen LogP) is 3.12. The van der Waals surface area contributed by atoms with E-state index in [9.17, 15) is 0 Å². The Bertz CT molecular complexity index is 424. The van der Waals surface area contributed by atoms with Crippen LogP contribution in [0.1, 0.15) is 44.6 Å². The highest BCUT2D eigenvalue weighted by atomic mass is 35.5. The highest BCUT2D eigenvalue weighted by Crippen LogP contribution is 2.17. The molecule has 0 spiro atoms. The Morgan fingerprint density at radius 3 is 2.80 bits per heavy atom. The van der Waals surface area contributed by atoms with Crippen molar-refractivity contribution in [3.05, 3.63) is 29.0 Å². The molecule has 0 saturated heterocycles. The number of rotatable bonds is 4. The molecule has 0 aliphatic heterocycles. The fourth-order valence-corrected chi connectivity index (χ4v) is 2.54. The van der Waals surface area contributed by atoms with Gasteiger partial charge >= 0.3 is 0 Å². The first kappa shape index (κ1) is 15.1. The van der Waals surface area contributed by atoms with Crippen molar-refractivity contribution in [3.63, 3.8) is 0 Å². The van der Waals surface area contributed by atoms with Crippen LogP contribution in [0, 0.1) is 0 Å². The van der Waals surface area contributed by atoms with Gasteiger partial charge in [-0.2, -0.15) is 0 Å². The maximum Gasteiger partial charge on any atom is 0.191 e. The van der Waals surface area contributed by atoms with E-state index in [0.717, 1.165) is 18.1 Å². The fourth-order valence-electron chi connectivity index (χ4n) is 2.43. The molecule has 2 rings (SSSR count). The van der Waals surface area contributed by atoms with Crippen LogP contribution < -0.4 is 10.6 Å². The van der Waals surface area contributed by atoms with Gasteiger partial charge in [0, 0.05) is 18.8 Å². The molecule has 0 bridgehead atoms. The molecule has 4 nitrogen and oxygen atoms in total. The second kappa shape index (κ2) is 8.10. The largest absolute Gasteiger partial charge is 0.357 e. The summed E-state index contributed by atoms with van der Waals surface area (Å²) in [6.45, 7) is 3.57. The molecule has 1 saturated carbocycles. The van der Waals surface area contributed by atoms with Gasteiger partial charge in [0.05, 0.1) is 6.54 Å². The number of nitrogens with one attached hydrogen (secondary N) is 2. The van der Waals surface area contributed by atoms with Gasteiger partial charge in [-0.05, 0) is 31.4 Å². The Kier molecular flexibility index (Phi) is 6.12. The summed E-state index contributed by atoms with van der Waals surface area (Å²) in [5, 5.41) is 7.35. The number of hydrogen-bond acceptors (Lipinski definition) is 2. The van der Waals surface area contributed by atoms with Gasteiger partial charge in [-0.3, -0.25) is 0 Å². The van der Waals surface area contributed by atoms with Crippen molar-refractivity contribution >= 4 is 17.6 Å². The van der Waals surface area contributed by atoms with Gasteiger partial charge in [0.25, 0.3) is 0 Å². The molecule has 0 radical (unpaired) electrons. The summed E-state index contributed by atoms with van der Waals surface area (Å²) < 4.78 is 0. The standard InChI is InChI=1S/C15H23ClN4/c1-2-17-15(20-13-6-4-3-5-7-13)19-11-12-8-9-14(16)18-10-12/h8-10,13H,2-7,11H2,1H3,(H2,17,19,20). The molecule has 0 atom stereocenters. The SMILES string of the molecule is CCNC(=NCc1ccc(Cl)nc1)NC1CCCCC1. The Labute approximate surface area is 126 Å². The number of aromatic nitrogens is 1. The Morgan fingerprint density at radius 2 is 2.15 bits per heavy atom. The molecule has 1 heterocycles. The lowest BCUT2D eigenvalue weighted by molar-refractivity contribution is 0.410. The summed E-state index contributed by atoms with van der Waals surface area (Å²) in [7, 11) is 0. The van der Waals surface area contributed by atoms with E-state index in [4.69, 9.17) is 11.6 Å². The van der Waals surface area contributed by atoms with Crippen LogP contribution in [0.4, 0.5) is 0 Å². The second-order valence-corrected chi connectivity index (χ2v) is 5.55. The normalized spacial score (nSPS) is 17.0. The number of pyridine rings is 1. The van der Waals surface area contributed by atoms with Crippen LogP contribution in [0.15, 0.2) is 23.3 Å². The van der Waals surface area contributed by atoms with Crippen molar-refractivity contribution in [1.29, 1.82) is 0 Å². The Morgan fingerprint density at radius 1 is 1.35 bits per heavy atom. The third-order valence-electron chi connectivity index (χ3n) is 3.50. The third-order valence-corrected chi connectivity index (χ3v) is 3.72. The van der Waals surface area contributed by atoms with Crippen LogP contribution in [0.5, 0.6) is 0 Å². The molecule has 0 amide bonds. The minimum absolute atomic E-state index is 0.518. The van der Waals surface area contributed by atoms with Crippen molar-refractivity contribution in [1.82, 2.24) is 15.6 Å². The van der Waals surface area contributed by atoms with Crippen molar-refractivity contribution in [2.75, 3.05) is 6.54 Å². The van der Waals surface area contributed by atoms with E-state index < -0.39 is 0 Å². The highest BCUT2D eigenvalue weighted by Gasteiger charge is 2.14. The van der Waals surface area contributed by atoms with E-state index in [0.29, 0.717) is 17.7 Å². The van der Waals surface area contributed by atoms with Gasteiger partial charge < -0.3 is 10.6 Å². The first-order valence-corrected chi connectivity index (χ1v) is 7.81. The molecule has 1 aromatic rings. The highest BCUT2D eigenvalue weighted by molar-refractivity contribution is 6.29. The second-order valence-electron chi connectivity index (χ2n) is 5.16. The average Bonchev–Trinajstić information content (AvgIpc) is 2.48. The molecule has 110 valence electrons. The van der Waals surface area contributed by atoms with Crippen LogP contribution in [0.25, 0.3) is 0 Å². The van der Waals surface area contributed by atoms with Crippen LogP contribution in [0.3, 0.4) is 0 Å². The summed E-state index contributed by atoms with van der Waals surface area (Å²) in [6.07, 6.45) is 8.26. The van der Waals surface area contributed by atoms with Gasteiger partial charge in [-0.15, -0.1) is 0 Å². The zero-order valence-corrected chi connectivity index (χ0v) is 12.8. The summed E-state index contributed by atoms with van der Waals surface area (Å²) in [6, 6.07) is 4.32. The summed E-state index contributed by atoms with van der Waals surface area (Å²) >= 11 is 5.78. The Balaban J connectivity index is 1.92.